The summed E-state index contributed by atoms with van der Waals surface area (Å²) in [7, 11) is 0. The van der Waals surface area contributed by atoms with Gasteiger partial charge in [-0.25, -0.2) is 4.99 Å². The maximum absolute atomic E-state index is 11.1. The quantitative estimate of drug-likeness (QED) is 0.619. The van der Waals surface area contributed by atoms with Crippen molar-refractivity contribution in [2.24, 2.45) is 4.99 Å². The standard InChI is InChI=1S/C11H8N2O/c14-11-6-8-7-2-1-5-12-9(7)3-4-10(8)13-11/h1-4,6,12H,5H2. The molecule has 1 aromatic rings. The van der Waals surface area contributed by atoms with Gasteiger partial charge in [-0.3, -0.25) is 4.79 Å². The lowest BCUT2D eigenvalue weighted by molar-refractivity contribution is -0.112. The van der Waals surface area contributed by atoms with Crippen LogP contribution in [0.3, 0.4) is 0 Å². The third-order valence-corrected chi connectivity index (χ3v) is 2.46. The van der Waals surface area contributed by atoms with E-state index in [4.69, 9.17) is 0 Å². The zero-order valence-electron chi connectivity index (χ0n) is 7.45. The van der Waals surface area contributed by atoms with Gasteiger partial charge in [0.2, 0.25) is 0 Å². The Morgan fingerprint density at radius 3 is 3.21 bits per heavy atom. The van der Waals surface area contributed by atoms with Gasteiger partial charge in [-0.05, 0) is 12.1 Å². The topological polar surface area (TPSA) is 41.5 Å². The normalized spacial score (nSPS) is 16.4. The fourth-order valence-corrected chi connectivity index (χ4v) is 1.83. The van der Waals surface area contributed by atoms with Crippen molar-refractivity contribution in [3.05, 3.63) is 34.3 Å². The Morgan fingerprint density at radius 1 is 1.36 bits per heavy atom. The highest BCUT2D eigenvalue weighted by molar-refractivity contribution is 6.07. The Kier molecular flexibility index (Phi) is 1.36. The Labute approximate surface area is 80.5 Å². The summed E-state index contributed by atoms with van der Waals surface area (Å²) in [5.74, 6) is -0.160. The predicted molar refractivity (Wildman–Crippen MR) is 54.2 cm³/mol. The molecular formula is C11H8N2O. The number of anilines is 1. The van der Waals surface area contributed by atoms with Gasteiger partial charge >= 0.3 is 0 Å². The molecule has 3 rings (SSSR count). The average molecular weight is 184 g/mol. The molecule has 2 aliphatic rings. The molecule has 1 amide bonds. The summed E-state index contributed by atoms with van der Waals surface area (Å²) in [4.78, 5) is 15.0. The van der Waals surface area contributed by atoms with Crippen LogP contribution in [0.5, 0.6) is 0 Å². The maximum atomic E-state index is 11.1. The SMILES string of the molecule is O=C1C=c2c3c(ccc2=N1)NCC=C3. The van der Waals surface area contributed by atoms with E-state index in [-0.39, 0.29) is 5.91 Å². The van der Waals surface area contributed by atoms with Crippen LogP contribution in [0.2, 0.25) is 0 Å². The summed E-state index contributed by atoms with van der Waals surface area (Å²) in [6.45, 7) is 0.844. The molecule has 0 saturated carbocycles. The third-order valence-electron chi connectivity index (χ3n) is 2.46. The minimum Gasteiger partial charge on any atom is -0.381 e. The van der Waals surface area contributed by atoms with E-state index in [0.717, 1.165) is 28.4 Å². The molecular weight excluding hydrogens is 176 g/mol. The first kappa shape index (κ1) is 7.50. The van der Waals surface area contributed by atoms with Gasteiger partial charge in [-0.15, -0.1) is 0 Å². The van der Waals surface area contributed by atoms with Crippen molar-refractivity contribution in [2.75, 3.05) is 11.9 Å². The van der Waals surface area contributed by atoms with Crippen molar-refractivity contribution in [3.63, 3.8) is 0 Å². The van der Waals surface area contributed by atoms with Gasteiger partial charge in [0.05, 0.1) is 5.36 Å². The van der Waals surface area contributed by atoms with Crippen LogP contribution in [0.15, 0.2) is 23.2 Å². The largest absolute Gasteiger partial charge is 0.381 e. The molecule has 0 fully saturated rings. The maximum Gasteiger partial charge on any atom is 0.270 e. The van der Waals surface area contributed by atoms with E-state index in [9.17, 15) is 4.79 Å². The van der Waals surface area contributed by atoms with Crippen LogP contribution in [-0.4, -0.2) is 12.5 Å². The first-order chi connectivity index (χ1) is 6.84. The molecule has 2 aliphatic heterocycles. The summed E-state index contributed by atoms with van der Waals surface area (Å²) in [5.41, 5.74) is 2.15. The Morgan fingerprint density at radius 2 is 2.29 bits per heavy atom. The van der Waals surface area contributed by atoms with Crippen LogP contribution in [0, 0.1) is 0 Å². The molecule has 0 atom stereocenters. The number of nitrogens with one attached hydrogen (secondary N) is 1. The number of benzene rings is 1. The first-order valence-corrected chi connectivity index (χ1v) is 4.52. The number of carbonyl (C=O) groups is 1. The number of hydrogen-bond donors (Lipinski definition) is 1. The van der Waals surface area contributed by atoms with E-state index in [1.807, 2.05) is 24.3 Å². The third kappa shape index (κ3) is 0.923. The van der Waals surface area contributed by atoms with Gasteiger partial charge < -0.3 is 5.32 Å². The van der Waals surface area contributed by atoms with E-state index in [1.54, 1.807) is 6.08 Å². The van der Waals surface area contributed by atoms with E-state index in [0.29, 0.717) is 0 Å². The van der Waals surface area contributed by atoms with Crippen molar-refractivity contribution in [2.45, 2.75) is 0 Å². The lowest BCUT2D eigenvalue weighted by Gasteiger charge is -2.12. The molecule has 0 radical (unpaired) electrons. The van der Waals surface area contributed by atoms with Crippen LogP contribution in [0.25, 0.3) is 12.2 Å². The number of nitrogens with zero attached hydrogens (tertiary/aromatic N) is 1. The van der Waals surface area contributed by atoms with Gasteiger partial charge in [0.25, 0.3) is 5.91 Å². The second-order valence-corrected chi connectivity index (χ2v) is 3.34. The Bertz CT molecular complexity index is 570. The van der Waals surface area contributed by atoms with Gasteiger partial charge in [0.15, 0.2) is 0 Å². The molecule has 2 heterocycles. The minimum absolute atomic E-state index is 0.160. The highest BCUT2D eigenvalue weighted by Gasteiger charge is 2.10. The molecule has 0 spiro atoms. The lowest BCUT2D eigenvalue weighted by Crippen LogP contribution is -2.26. The zero-order valence-corrected chi connectivity index (χ0v) is 7.45. The smallest absolute Gasteiger partial charge is 0.270 e. The van der Waals surface area contributed by atoms with Crippen molar-refractivity contribution < 1.29 is 4.79 Å². The van der Waals surface area contributed by atoms with Crippen molar-refractivity contribution in [1.82, 2.24) is 0 Å². The van der Waals surface area contributed by atoms with Crippen LogP contribution in [0.1, 0.15) is 5.56 Å². The van der Waals surface area contributed by atoms with Gasteiger partial charge in [0.1, 0.15) is 0 Å². The van der Waals surface area contributed by atoms with E-state index in [1.165, 1.54) is 0 Å². The predicted octanol–water partition coefficient (Wildman–Crippen LogP) is 0.0656. The number of carbonyl (C=O) groups excluding carboxylic acids is 1. The van der Waals surface area contributed by atoms with Gasteiger partial charge in [-0.1, -0.05) is 12.2 Å². The second-order valence-electron chi connectivity index (χ2n) is 3.34. The monoisotopic (exact) mass is 184 g/mol. The Hall–Kier alpha value is -1.90. The van der Waals surface area contributed by atoms with Crippen LogP contribution >= 0.6 is 0 Å². The van der Waals surface area contributed by atoms with E-state index >= 15 is 0 Å². The van der Waals surface area contributed by atoms with E-state index < -0.39 is 0 Å². The average Bonchev–Trinajstić information content (AvgIpc) is 2.59. The van der Waals surface area contributed by atoms with Crippen molar-refractivity contribution in [1.29, 1.82) is 0 Å². The summed E-state index contributed by atoms with van der Waals surface area (Å²) >= 11 is 0. The number of amides is 1. The van der Waals surface area contributed by atoms with Crippen molar-refractivity contribution >= 4 is 23.7 Å². The second kappa shape index (κ2) is 2.54. The minimum atomic E-state index is -0.160. The summed E-state index contributed by atoms with van der Waals surface area (Å²) in [6, 6.07) is 3.84. The number of rotatable bonds is 0. The molecule has 14 heavy (non-hydrogen) atoms. The molecule has 68 valence electrons. The summed E-state index contributed by atoms with van der Waals surface area (Å²) in [5, 5.41) is 4.97. The molecule has 3 heteroatoms. The zero-order chi connectivity index (χ0) is 9.54. The molecule has 0 unspecified atom stereocenters. The van der Waals surface area contributed by atoms with Crippen LogP contribution in [0.4, 0.5) is 5.69 Å². The molecule has 0 bridgehead atoms. The lowest BCUT2D eigenvalue weighted by atomic mass is 10.1. The molecule has 0 aromatic heterocycles. The number of fused-ring (bicyclic) bond motifs is 3. The van der Waals surface area contributed by atoms with E-state index in [2.05, 4.69) is 10.3 Å². The fourth-order valence-electron chi connectivity index (χ4n) is 1.83. The fraction of sp³-hybridized carbons (Fsp3) is 0.0909. The van der Waals surface area contributed by atoms with Crippen LogP contribution < -0.4 is 15.9 Å². The molecule has 0 aliphatic carbocycles. The van der Waals surface area contributed by atoms with Gasteiger partial charge in [0, 0.05) is 29.1 Å². The highest BCUT2D eigenvalue weighted by atomic mass is 16.1. The van der Waals surface area contributed by atoms with Crippen molar-refractivity contribution in [3.8, 4) is 0 Å². The first-order valence-electron chi connectivity index (χ1n) is 4.52. The molecule has 3 nitrogen and oxygen atoms in total. The van der Waals surface area contributed by atoms with Gasteiger partial charge in [-0.2, -0.15) is 0 Å². The molecule has 1 aromatic carbocycles. The Balaban J connectivity index is 2.45. The molecule has 1 N–H and O–H groups in total. The summed E-state index contributed by atoms with van der Waals surface area (Å²) < 4.78 is 0. The number of hydrogen-bond acceptors (Lipinski definition) is 2. The van der Waals surface area contributed by atoms with Crippen LogP contribution in [-0.2, 0) is 4.79 Å². The molecule has 0 saturated heterocycles. The summed E-state index contributed by atoms with van der Waals surface area (Å²) in [6.07, 6.45) is 5.67. The highest BCUT2D eigenvalue weighted by Crippen LogP contribution is 2.15.